The maximum absolute atomic E-state index is 13.1. The Balaban J connectivity index is 1.43. The van der Waals surface area contributed by atoms with Crippen LogP contribution in [0.4, 0.5) is 0 Å². The molecule has 1 amide bonds. The number of ether oxygens (including phenoxy) is 1. The van der Waals surface area contributed by atoms with Crippen LogP contribution in [0.2, 0.25) is 0 Å². The molecular formula is C26H44N4O3S. The number of rotatable bonds is 10. The molecule has 4 unspecified atom stereocenters. The quantitative estimate of drug-likeness (QED) is 0.544. The van der Waals surface area contributed by atoms with E-state index in [1.165, 1.54) is 25.9 Å². The number of fused-ring (bicyclic) bond motifs is 1. The van der Waals surface area contributed by atoms with Gasteiger partial charge in [0.15, 0.2) is 0 Å². The molecule has 1 saturated heterocycles. The fraction of sp³-hybridized carbons (Fsp3) is 0.731. The Morgan fingerprint density at radius 3 is 2.47 bits per heavy atom. The van der Waals surface area contributed by atoms with Gasteiger partial charge in [-0.1, -0.05) is 0 Å². The van der Waals surface area contributed by atoms with Crippen molar-refractivity contribution in [2.75, 3.05) is 61.0 Å². The second-order valence-corrected chi connectivity index (χ2v) is 12.0. The molecule has 2 aliphatic rings. The van der Waals surface area contributed by atoms with Gasteiger partial charge in [-0.3, -0.25) is 4.79 Å². The van der Waals surface area contributed by atoms with E-state index in [9.17, 15) is 9.00 Å². The third-order valence-corrected chi connectivity index (χ3v) is 9.20. The first kappa shape index (κ1) is 27.1. The second kappa shape index (κ2) is 12.5. The molecular weight excluding hydrogens is 448 g/mol. The Labute approximate surface area is 208 Å². The molecule has 0 spiro atoms. The number of nitrogens with one attached hydrogen (secondary N) is 1. The molecule has 0 radical (unpaired) electrons. The summed E-state index contributed by atoms with van der Waals surface area (Å²) in [6.07, 6.45) is 4.98. The Kier molecular flexibility index (Phi) is 9.95. The highest BCUT2D eigenvalue weighted by atomic mass is 32.2. The minimum atomic E-state index is -1.31. The highest BCUT2D eigenvalue weighted by molar-refractivity contribution is 7.82. The monoisotopic (exact) mass is 492 g/mol. The Hall–Kier alpha value is -1.48. The number of nitrogens with zero attached hydrogens (tertiary/aromatic N) is 3. The number of amides is 1. The molecule has 2 fully saturated rings. The summed E-state index contributed by atoms with van der Waals surface area (Å²) in [5, 5.41) is 3.27. The largest absolute Gasteiger partial charge is 0.497 e. The van der Waals surface area contributed by atoms with Crippen molar-refractivity contribution in [2.45, 2.75) is 56.9 Å². The fourth-order valence-electron chi connectivity index (χ4n) is 5.47. The molecule has 1 heterocycles. The summed E-state index contributed by atoms with van der Waals surface area (Å²) in [4.78, 5) is 18.4. The van der Waals surface area contributed by atoms with E-state index in [-0.39, 0.29) is 11.9 Å². The van der Waals surface area contributed by atoms with Crippen molar-refractivity contribution >= 4 is 16.9 Å². The van der Waals surface area contributed by atoms with Crippen LogP contribution in [0.3, 0.4) is 0 Å². The lowest BCUT2D eigenvalue weighted by Crippen LogP contribution is -2.48. The number of hydrogen-bond acceptors (Lipinski definition) is 5. The van der Waals surface area contributed by atoms with Gasteiger partial charge in [0.1, 0.15) is 16.7 Å². The van der Waals surface area contributed by atoms with Gasteiger partial charge < -0.3 is 19.9 Å². The molecule has 192 valence electrons. The van der Waals surface area contributed by atoms with Crippen molar-refractivity contribution < 1.29 is 13.7 Å². The van der Waals surface area contributed by atoms with Crippen molar-refractivity contribution in [1.29, 1.82) is 0 Å². The predicted molar refractivity (Wildman–Crippen MR) is 138 cm³/mol. The fourth-order valence-corrected chi connectivity index (χ4v) is 6.71. The van der Waals surface area contributed by atoms with Crippen LogP contribution in [0.5, 0.6) is 5.75 Å². The molecule has 3 rings (SSSR count). The molecule has 1 aromatic carbocycles. The lowest BCUT2D eigenvalue weighted by Gasteiger charge is -2.44. The topological polar surface area (TPSA) is 65.1 Å². The van der Waals surface area contributed by atoms with Gasteiger partial charge in [0, 0.05) is 45.7 Å². The summed E-state index contributed by atoms with van der Waals surface area (Å²) in [6.45, 7) is 9.02. The standard InChI is InChI=1S/C26H44N4O3S/c1-19-15-24(33-6)16-20(2)26(19)34(32)29(5)11-10-25(31)27-23-8-7-22-18-30(14-13-28(3)4)12-9-21(22)17-23/h15-16,21-23H,7-14,17-18H2,1-6H3,(H,27,31). The Bertz CT molecular complexity index is 839. The maximum Gasteiger partial charge on any atom is 0.221 e. The van der Waals surface area contributed by atoms with Crippen LogP contribution in [0.1, 0.15) is 43.2 Å². The van der Waals surface area contributed by atoms with Crippen molar-refractivity contribution in [3.05, 3.63) is 23.3 Å². The van der Waals surface area contributed by atoms with Crippen LogP contribution in [-0.2, 0) is 15.8 Å². The summed E-state index contributed by atoms with van der Waals surface area (Å²) in [7, 11) is 6.42. The van der Waals surface area contributed by atoms with E-state index in [0.717, 1.165) is 59.5 Å². The number of piperidine rings is 1. The van der Waals surface area contributed by atoms with E-state index in [0.29, 0.717) is 13.0 Å². The number of methoxy groups -OCH3 is 1. The van der Waals surface area contributed by atoms with Crippen LogP contribution in [-0.4, -0.2) is 91.2 Å². The number of likely N-dealkylation sites (tertiary alicyclic amines) is 1. The van der Waals surface area contributed by atoms with Crippen molar-refractivity contribution in [3.8, 4) is 5.75 Å². The number of carbonyl (C=O) groups is 1. The van der Waals surface area contributed by atoms with Crippen LogP contribution >= 0.6 is 0 Å². The SMILES string of the molecule is COc1cc(C)c(S(=O)N(C)CCC(=O)NC2CCC3CN(CCN(C)C)CCC3C2)c(C)c1. The van der Waals surface area contributed by atoms with Gasteiger partial charge in [-0.05, 0) is 95.3 Å². The van der Waals surface area contributed by atoms with Crippen molar-refractivity contribution in [1.82, 2.24) is 19.4 Å². The summed E-state index contributed by atoms with van der Waals surface area (Å²) in [5.41, 5.74) is 1.88. The van der Waals surface area contributed by atoms with Gasteiger partial charge in [-0.2, -0.15) is 0 Å². The molecule has 1 aliphatic carbocycles. The highest BCUT2D eigenvalue weighted by Gasteiger charge is 2.35. The Morgan fingerprint density at radius 1 is 1.12 bits per heavy atom. The third-order valence-electron chi connectivity index (χ3n) is 7.46. The third kappa shape index (κ3) is 7.26. The zero-order valence-corrected chi connectivity index (χ0v) is 22.7. The smallest absolute Gasteiger partial charge is 0.221 e. The van der Waals surface area contributed by atoms with E-state index in [1.54, 1.807) is 11.4 Å². The molecule has 1 saturated carbocycles. The molecule has 7 nitrogen and oxygen atoms in total. The van der Waals surface area contributed by atoms with E-state index < -0.39 is 11.0 Å². The van der Waals surface area contributed by atoms with Gasteiger partial charge in [-0.15, -0.1) is 0 Å². The first-order valence-corrected chi connectivity index (χ1v) is 13.7. The first-order valence-electron chi connectivity index (χ1n) is 12.6. The number of hydrogen-bond donors (Lipinski definition) is 1. The van der Waals surface area contributed by atoms with E-state index in [2.05, 4.69) is 29.2 Å². The van der Waals surface area contributed by atoms with Crippen LogP contribution in [0, 0.1) is 25.7 Å². The van der Waals surface area contributed by atoms with Gasteiger partial charge in [0.2, 0.25) is 5.91 Å². The molecule has 1 N–H and O–H groups in total. The number of carbonyl (C=O) groups excluding carboxylic acids is 1. The predicted octanol–water partition coefficient (Wildman–Crippen LogP) is 2.82. The Morgan fingerprint density at radius 2 is 1.82 bits per heavy atom. The molecule has 1 aromatic rings. The minimum Gasteiger partial charge on any atom is -0.497 e. The lowest BCUT2D eigenvalue weighted by atomic mass is 9.73. The maximum atomic E-state index is 13.1. The molecule has 0 aromatic heterocycles. The van der Waals surface area contributed by atoms with Crippen LogP contribution in [0.15, 0.2) is 17.0 Å². The molecule has 8 heteroatoms. The lowest BCUT2D eigenvalue weighted by molar-refractivity contribution is -0.122. The number of benzene rings is 1. The zero-order chi connectivity index (χ0) is 24.8. The number of aryl methyl sites for hydroxylation is 2. The van der Waals surface area contributed by atoms with Gasteiger partial charge >= 0.3 is 0 Å². The molecule has 34 heavy (non-hydrogen) atoms. The first-order chi connectivity index (χ1) is 16.2. The van der Waals surface area contributed by atoms with E-state index >= 15 is 0 Å². The van der Waals surface area contributed by atoms with Crippen molar-refractivity contribution in [3.63, 3.8) is 0 Å². The van der Waals surface area contributed by atoms with E-state index in [1.807, 2.05) is 33.0 Å². The summed E-state index contributed by atoms with van der Waals surface area (Å²) >= 11 is 0. The average molecular weight is 493 g/mol. The summed E-state index contributed by atoms with van der Waals surface area (Å²) in [5.74, 6) is 2.34. The zero-order valence-electron chi connectivity index (χ0n) is 21.9. The summed E-state index contributed by atoms with van der Waals surface area (Å²) in [6, 6.07) is 4.09. The van der Waals surface area contributed by atoms with Crippen molar-refractivity contribution in [2.24, 2.45) is 11.8 Å². The average Bonchev–Trinajstić information content (AvgIpc) is 2.80. The van der Waals surface area contributed by atoms with Gasteiger partial charge in [-0.25, -0.2) is 8.51 Å². The molecule has 4 atom stereocenters. The number of likely N-dealkylation sites (N-methyl/N-ethyl adjacent to an activating group) is 1. The molecule has 0 bridgehead atoms. The normalized spacial score (nSPS) is 24.2. The second-order valence-electron chi connectivity index (χ2n) is 10.4. The minimum absolute atomic E-state index is 0.0684. The van der Waals surface area contributed by atoms with Gasteiger partial charge in [0.25, 0.3) is 0 Å². The van der Waals surface area contributed by atoms with Crippen LogP contribution in [0.25, 0.3) is 0 Å². The highest BCUT2D eigenvalue weighted by Crippen LogP contribution is 2.36. The van der Waals surface area contributed by atoms with Crippen LogP contribution < -0.4 is 10.1 Å². The van der Waals surface area contributed by atoms with Gasteiger partial charge in [0.05, 0.1) is 12.0 Å². The van der Waals surface area contributed by atoms with E-state index in [4.69, 9.17) is 4.74 Å². The molecule has 1 aliphatic heterocycles. The summed E-state index contributed by atoms with van der Waals surface area (Å²) < 4.78 is 20.2.